The Morgan fingerprint density at radius 1 is 1.08 bits per heavy atom. The van der Waals surface area contributed by atoms with Gasteiger partial charge in [-0.1, -0.05) is 12.1 Å². The lowest BCUT2D eigenvalue weighted by Gasteiger charge is -2.07. The Hall–Kier alpha value is -3.79. The van der Waals surface area contributed by atoms with Crippen molar-refractivity contribution in [1.29, 1.82) is 5.26 Å². The number of carbonyl (C=O) groups excluding carboxylic acids is 1. The summed E-state index contributed by atoms with van der Waals surface area (Å²) >= 11 is 0. The smallest absolute Gasteiger partial charge is 0.275 e. The van der Waals surface area contributed by atoms with Crippen molar-refractivity contribution in [2.75, 3.05) is 10.6 Å². The predicted molar refractivity (Wildman–Crippen MR) is 92.7 cm³/mol. The van der Waals surface area contributed by atoms with Crippen LogP contribution in [0.15, 0.2) is 61.2 Å². The molecular weight excluding hydrogens is 316 g/mol. The molecule has 0 aliphatic rings. The van der Waals surface area contributed by atoms with Gasteiger partial charge in [-0.25, -0.2) is 9.97 Å². The zero-order chi connectivity index (χ0) is 17.5. The van der Waals surface area contributed by atoms with Gasteiger partial charge in [-0.05, 0) is 29.8 Å². The highest BCUT2D eigenvalue weighted by atomic mass is 16.1. The van der Waals surface area contributed by atoms with E-state index in [2.05, 4.69) is 25.6 Å². The van der Waals surface area contributed by atoms with E-state index in [1.807, 2.05) is 18.2 Å². The maximum absolute atomic E-state index is 12.2. The first kappa shape index (κ1) is 16.1. The Morgan fingerprint density at radius 3 is 2.60 bits per heavy atom. The van der Waals surface area contributed by atoms with Crippen LogP contribution in [0, 0.1) is 11.3 Å². The van der Waals surface area contributed by atoms with Crippen molar-refractivity contribution in [3.63, 3.8) is 0 Å². The van der Waals surface area contributed by atoms with Crippen LogP contribution in [0.2, 0.25) is 0 Å². The van der Waals surface area contributed by atoms with Crippen LogP contribution in [0.4, 0.5) is 11.5 Å². The second-order valence-corrected chi connectivity index (χ2v) is 5.11. The molecule has 2 aromatic heterocycles. The maximum atomic E-state index is 12.2. The minimum absolute atomic E-state index is 0.169. The first-order chi connectivity index (χ1) is 12.3. The van der Waals surface area contributed by atoms with Crippen molar-refractivity contribution < 1.29 is 4.79 Å². The van der Waals surface area contributed by atoms with Crippen LogP contribution in [-0.4, -0.2) is 20.9 Å². The van der Waals surface area contributed by atoms with Gasteiger partial charge < -0.3 is 10.6 Å². The molecule has 0 bridgehead atoms. The van der Waals surface area contributed by atoms with E-state index in [9.17, 15) is 4.79 Å². The minimum Gasteiger partial charge on any atom is -0.365 e. The lowest BCUT2D eigenvalue weighted by Crippen LogP contribution is -2.15. The Kier molecular flexibility index (Phi) is 4.93. The van der Waals surface area contributed by atoms with Crippen LogP contribution < -0.4 is 10.6 Å². The molecule has 1 amide bonds. The summed E-state index contributed by atoms with van der Waals surface area (Å²) in [6, 6.07) is 12.6. The highest BCUT2D eigenvalue weighted by Gasteiger charge is 2.10. The SMILES string of the molecule is N#Cc1ccccc1NC(=O)c1cnc(NCc2ccncc2)cn1. The largest absolute Gasteiger partial charge is 0.365 e. The molecule has 0 spiro atoms. The molecule has 0 aliphatic heterocycles. The quantitative estimate of drug-likeness (QED) is 0.745. The summed E-state index contributed by atoms with van der Waals surface area (Å²) < 4.78 is 0. The monoisotopic (exact) mass is 330 g/mol. The van der Waals surface area contributed by atoms with Crippen molar-refractivity contribution in [3.05, 3.63) is 78.0 Å². The number of para-hydroxylation sites is 1. The lowest BCUT2D eigenvalue weighted by atomic mass is 10.2. The van der Waals surface area contributed by atoms with Gasteiger partial charge >= 0.3 is 0 Å². The summed E-state index contributed by atoms with van der Waals surface area (Å²) in [5, 5.41) is 14.8. The fourth-order valence-electron chi connectivity index (χ4n) is 2.11. The van der Waals surface area contributed by atoms with Gasteiger partial charge in [0.2, 0.25) is 0 Å². The molecule has 0 saturated carbocycles. The Morgan fingerprint density at radius 2 is 1.88 bits per heavy atom. The van der Waals surface area contributed by atoms with E-state index >= 15 is 0 Å². The number of hydrogen-bond donors (Lipinski definition) is 2. The van der Waals surface area contributed by atoms with Crippen LogP contribution in [-0.2, 0) is 6.54 Å². The zero-order valence-electron chi connectivity index (χ0n) is 13.2. The third-order valence-corrected chi connectivity index (χ3v) is 3.40. The summed E-state index contributed by atoms with van der Waals surface area (Å²) in [5.41, 5.74) is 2.06. The fourth-order valence-corrected chi connectivity index (χ4v) is 2.11. The molecule has 122 valence electrons. The topological polar surface area (TPSA) is 104 Å². The summed E-state index contributed by atoms with van der Waals surface area (Å²) in [6.07, 6.45) is 6.32. The second-order valence-electron chi connectivity index (χ2n) is 5.11. The number of benzene rings is 1. The van der Waals surface area contributed by atoms with Crippen LogP contribution >= 0.6 is 0 Å². The minimum atomic E-state index is -0.420. The number of amides is 1. The molecule has 2 heterocycles. The molecule has 0 aliphatic carbocycles. The third-order valence-electron chi connectivity index (χ3n) is 3.40. The van der Waals surface area contributed by atoms with Crippen molar-refractivity contribution in [2.24, 2.45) is 0 Å². The standard InChI is InChI=1S/C18H14N6O/c19-9-14-3-1-2-4-15(14)24-18(25)16-11-23-17(12-21-16)22-10-13-5-7-20-8-6-13/h1-8,11-12H,10H2,(H,22,23)(H,24,25). The molecule has 0 radical (unpaired) electrons. The highest BCUT2D eigenvalue weighted by molar-refractivity contribution is 6.03. The van der Waals surface area contributed by atoms with Gasteiger partial charge in [0.1, 0.15) is 17.6 Å². The molecular formula is C18H14N6O. The second kappa shape index (κ2) is 7.66. The third kappa shape index (κ3) is 4.14. The van der Waals surface area contributed by atoms with Crippen LogP contribution in [0.25, 0.3) is 0 Å². The van der Waals surface area contributed by atoms with E-state index in [1.165, 1.54) is 12.4 Å². The number of carbonyl (C=O) groups is 1. The Bertz CT molecular complexity index is 903. The Balaban J connectivity index is 1.63. The van der Waals surface area contributed by atoms with Crippen molar-refractivity contribution in [3.8, 4) is 6.07 Å². The van der Waals surface area contributed by atoms with Crippen LogP contribution in [0.1, 0.15) is 21.6 Å². The molecule has 0 fully saturated rings. The number of hydrogen-bond acceptors (Lipinski definition) is 6. The van der Waals surface area contributed by atoms with E-state index < -0.39 is 5.91 Å². The molecule has 25 heavy (non-hydrogen) atoms. The number of nitrogens with zero attached hydrogens (tertiary/aromatic N) is 4. The summed E-state index contributed by atoms with van der Waals surface area (Å²) in [5.74, 6) is 0.140. The first-order valence-corrected chi connectivity index (χ1v) is 7.51. The van der Waals surface area contributed by atoms with Crippen molar-refractivity contribution >= 4 is 17.4 Å². The Labute approximate surface area is 144 Å². The lowest BCUT2D eigenvalue weighted by molar-refractivity contribution is 0.102. The predicted octanol–water partition coefficient (Wildman–Crippen LogP) is 2.61. The average molecular weight is 330 g/mol. The van der Waals surface area contributed by atoms with Gasteiger partial charge in [-0.2, -0.15) is 5.26 Å². The van der Waals surface area contributed by atoms with Crippen LogP contribution in [0.5, 0.6) is 0 Å². The molecule has 3 rings (SSSR count). The highest BCUT2D eigenvalue weighted by Crippen LogP contribution is 2.14. The molecule has 0 unspecified atom stereocenters. The van der Waals surface area contributed by atoms with E-state index in [1.54, 1.807) is 36.7 Å². The van der Waals surface area contributed by atoms with Gasteiger partial charge in [0, 0.05) is 18.9 Å². The normalized spacial score (nSPS) is 9.88. The van der Waals surface area contributed by atoms with Crippen LogP contribution in [0.3, 0.4) is 0 Å². The van der Waals surface area contributed by atoms with Crippen molar-refractivity contribution in [2.45, 2.75) is 6.54 Å². The molecule has 1 aromatic carbocycles. The molecule has 7 nitrogen and oxygen atoms in total. The van der Waals surface area contributed by atoms with E-state index in [4.69, 9.17) is 5.26 Å². The zero-order valence-corrected chi connectivity index (χ0v) is 13.2. The summed E-state index contributed by atoms with van der Waals surface area (Å²) in [6.45, 7) is 0.582. The summed E-state index contributed by atoms with van der Waals surface area (Å²) in [7, 11) is 0. The number of pyridine rings is 1. The number of rotatable bonds is 5. The van der Waals surface area contributed by atoms with Crippen molar-refractivity contribution in [1.82, 2.24) is 15.0 Å². The van der Waals surface area contributed by atoms with E-state index in [0.29, 0.717) is 23.6 Å². The molecule has 2 N–H and O–H groups in total. The summed E-state index contributed by atoms with van der Waals surface area (Å²) in [4.78, 5) is 24.5. The van der Waals surface area contributed by atoms with E-state index in [0.717, 1.165) is 5.56 Å². The number of aromatic nitrogens is 3. The number of anilines is 2. The number of nitrogens with one attached hydrogen (secondary N) is 2. The van der Waals surface area contributed by atoms with Gasteiger partial charge in [-0.3, -0.25) is 9.78 Å². The molecule has 0 saturated heterocycles. The first-order valence-electron chi connectivity index (χ1n) is 7.51. The molecule has 3 aromatic rings. The van der Waals surface area contributed by atoms with E-state index in [-0.39, 0.29) is 5.69 Å². The van der Waals surface area contributed by atoms with Gasteiger partial charge in [0.05, 0.1) is 23.6 Å². The fraction of sp³-hybridized carbons (Fsp3) is 0.0556. The van der Waals surface area contributed by atoms with Gasteiger partial charge in [0.15, 0.2) is 0 Å². The number of nitriles is 1. The molecule has 7 heteroatoms. The van der Waals surface area contributed by atoms with Gasteiger partial charge in [0.25, 0.3) is 5.91 Å². The average Bonchev–Trinajstić information content (AvgIpc) is 2.68. The maximum Gasteiger partial charge on any atom is 0.275 e. The van der Waals surface area contributed by atoms with Gasteiger partial charge in [-0.15, -0.1) is 0 Å². The molecule has 0 atom stereocenters.